The van der Waals surface area contributed by atoms with Gasteiger partial charge in [-0.15, -0.1) is 0 Å². The highest BCUT2D eigenvalue weighted by atomic mass is 35.5. The Bertz CT molecular complexity index is 796. The molecule has 0 unspecified atom stereocenters. The molecule has 0 aliphatic carbocycles. The number of rotatable bonds is 6. The van der Waals surface area contributed by atoms with Crippen molar-refractivity contribution in [2.45, 2.75) is 17.9 Å². The van der Waals surface area contributed by atoms with Crippen LogP contribution in [0.4, 0.5) is 4.39 Å². The van der Waals surface area contributed by atoms with Gasteiger partial charge in [-0.2, -0.15) is 0 Å². The van der Waals surface area contributed by atoms with Gasteiger partial charge in [0, 0.05) is 18.7 Å². The van der Waals surface area contributed by atoms with Crippen molar-refractivity contribution in [2.24, 2.45) is 0 Å². The number of hydrogen-bond acceptors (Lipinski definition) is 3. The molecular weight excluding hydrogens is 341 g/mol. The van der Waals surface area contributed by atoms with Gasteiger partial charge in [-0.1, -0.05) is 29.8 Å². The molecule has 1 N–H and O–H groups in total. The molecule has 2 aromatic carbocycles. The summed E-state index contributed by atoms with van der Waals surface area (Å²) in [6, 6.07) is 10.5. The van der Waals surface area contributed by atoms with E-state index >= 15 is 0 Å². The van der Waals surface area contributed by atoms with E-state index < -0.39 is 21.9 Å². The van der Waals surface area contributed by atoms with Crippen molar-refractivity contribution in [1.29, 1.82) is 0 Å². The second-order valence-corrected chi connectivity index (χ2v) is 7.14. The largest absolute Gasteiger partial charge is 0.375 e. The number of benzene rings is 2. The molecule has 0 spiro atoms. The summed E-state index contributed by atoms with van der Waals surface area (Å²) in [5.74, 6) is -0.405. The lowest BCUT2D eigenvalue weighted by Gasteiger charge is -2.17. The lowest BCUT2D eigenvalue weighted by atomic mass is 10.1. The van der Waals surface area contributed by atoms with Gasteiger partial charge in [0.15, 0.2) is 0 Å². The maximum atomic E-state index is 13.3. The van der Waals surface area contributed by atoms with Crippen molar-refractivity contribution in [3.8, 4) is 0 Å². The first-order valence-corrected chi connectivity index (χ1v) is 8.74. The van der Waals surface area contributed by atoms with E-state index in [2.05, 4.69) is 4.72 Å². The van der Waals surface area contributed by atoms with Crippen molar-refractivity contribution >= 4 is 21.6 Å². The minimum atomic E-state index is -3.74. The topological polar surface area (TPSA) is 55.4 Å². The minimum absolute atomic E-state index is 0.0196. The number of hydrogen-bond donors (Lipinski definition) is 1. The van der Waals surface area contributed by atoms with Gasteiger partial charge in [-0.05, 0) is 42.3 Å². The maximum absolute atomic E-state index is 13.3. The van der Waals surface area contributed by atoms with Crippen molar-refractivity contribution in [2.75, 3.05) is 13.7 Å². The van der Waals surface area contributed by atoms with Crippen LogP contribution in [0.3, 0.4) is 0 Å². The van der Waals surface area contributed by atoms with Gasteiger partial charge < -0.3 is 4.74 Å². The molecule has 0 fully saturated rings. The lowest BCUT2D eigenvalue weighted by molar-refractivity contribution is 0.107. The number of halogens is 2. The number of sulfonamides is 1. The molecule has 4 nitrogen and oxygen atoms in total. The summed E-state index contributed by atoms with van der Waals surface area (Å²) in [5.41, 5.74) is 1.03. The van der Waals surface area contributed by atoms with Crippen LogP contribution in [-0.4, -0.2) is 22.1 Å². The average molecular weight is 358 g/mol. The zero-order valence-corrected chi connectivity index (χ0v) is 14.3. The summed E-state index contributed by atoms with van der Waals surface area (Å²) in [7, 11) is -2.31. The second kappa shape index (κ2) is 7.40. The zero-order chi connectivity index (χ0) is 17.0. The fraction of sp³-hybridized carbons (Fsp3) is 0.250. The number of ether oxygens (including phenoxy) is 1. The molecule has 0 saturated heterocycles. The highest BCUT2D eigenvalue weighted by Crippen LogP contribution is 2.23. The molecule has 0 radical (unpaired) electrons. The van der Waals surface area contributed by atoms with Crippen LogP contribution >= 0.6 is 11.6 Å². The summed E-state index contributed by atoms with van der Waals surface area (Å²) in [5, 5.41) is 0.376. The predicted molar refractivity (Wildman–Crippen MR) is 87.5 cm³/mol. The zero-order valence-electron chi connectivity index (χ0n) is 12.7. The van der Waals surface area contributed by atoms with Crippen molar-refractivity contribution in [3.05, 3.63) is 64.4 Å². The Kier molecular flexibility index (Phi) is 5.75. The highest BCUT2D eigenvalue weighted by molar-refractivity contribution is 7.89. The van der Waals surface area contributed by atoms with Crippen molar-refractivity contribution in [1.82, 2.24) is 4.72 Å². The third-order valence-corrected chi connectivity index (χ3v) is 5.45. The van der Waals surface area contributed by atoms with E-state index in [4.69, 9.17) is 16.3 Å². The first-order valence-electron chi connectivity index (χ1n) is 6.88. The Labute approximate surface area is 140 Å². The molecule has 0 aliphatic rings. The van der Waals surface area contributed by atoms with Crippen molar-refractivity contribution in [3.63, 3.8) is 0 Å². The van der Waals surface area contributed by atoms with E-state index in [9.17, 15) is 12.8 Å². The second-order valence-electron chi connectivity index (χ2n) is 4.99. The van der Waals surface area contributed by atoms with Crippen LogP contribution in [0, 0.1) is 12.7 Å². The molecule has 0 aliphatic heterocycles. The Morgan fingerprint density at radius 3 is 2.61 bits per heavy atom. The monoisotopic (exact) mass is 357 g/mol. The quantitative estimate of drug-likeness (QED) is 0.861. The molecule has 0 bridgehead atoms. The number of methoxy groups -OCH3 is 1. The molecule has 0 saturated carbocycles. The van der Waals surface area contributed by atoms with Gasteiger partial charge in [-0.25, -0.2) is 17.5 Å². The Hall–Kier alpha value is -1.47. The first-order chi connectivity index (χ1) is 10.8. The smallest absolute Gasteiger partial charge is 0.240 e. The number of nitrogens with one attached hydrogen (secondary N) is 1. The van der Waals surface area contributed by atoms with Gasteiger partial charge in [0.05, 0.1) is 11.0 Å². The van der Waals surface area contributed by atoms with Crippen molar-refractivity contribution < 1.29 is 17.5 Å². The average Bonchev–Trinajstić information content (AvgIpc) is 2.50. The molecule has 1 atom stereocenters. The van der Waals surface area contributed by atoms with Crippen LogP contribution in [0.15, 0.2) is 47.4 Å². The van der Waals surface area contributed by atoms with Crippen LogP contribution in [0.5, 0.6) is 0 Å². The van der Waals surface area contributed by atoms with Crippen LogP contribution in [-0.2, 0) is 14.8 Å². The van der Waals surface area contributed by atoms with Gasteiger partial charge in [0.2, 0.25) is 10.0 Å². The summed E-state index contributed by atoms with van der Waals surface area (Å²) in [6.45, 7) is 1.62. The molecule has 0 heterocycles. The van der Waals surface area contributed by atoms with E-state index in [0.717, 1.165) is 0 Å². The Morgan fingerprint density at radius 2 is 1.96 bits per heavy atom. The van der Waals surface area contributed by atoms with Crippen LogP contribution in [0.2, 0.25) is 5.02 Å². The molecule has 0 amide bonds. The molecular formula is C16H17ClFNO3S. The molecule has 2 rings (SSSR count). The SMILES string of the molecule is CO[C@@H](CNS(=O)(=O)c1cccc(Cl)c1C)c1cccc(F)c1. The summed E-state index contributed by atoms with van der Waals surface area (Å²) in [4.78, 5) is 0.110. The predicted octanol–water partition coefficient (Wildman–Crippen LogP) is 3.45. The van der Waals surface area contributed by atoms with E-state index in [1.165, 1.54) is 25.3 Å². The normalized spacial score (nSPS) is 13.0. The fourth-order valence-corrected chi connectivity index (χ4v) is 3.71. The van der Waals surface area contributed by atoms with E-state index in [-0.39, 0.29) is 11.4 Å². The fourth-order valence-electron chi connectivity index (χ4n) is 2.19. The molecule has 0 aromatic heterocycles. The highest BCUT2D eigenvalue weighted by Gasteiger charge is 2.20. The molecule has 7 heteroatoms. The Morgan fingerprint density at radius 1 is 1.26 bits per heavy atom. The van der Waals surface area contributed by atoms with Gasteiger partial charge in [0.25, 0.3) is 0 Å². The van der Waals surface area contributed by atoms with E-state index in [1.807, 2.05) is 0 Å². The minimum Gasteiger partial charge on any atom is -0.375 e. The standard InChI is InChI=1S/C16H17ClFNO3S/c1-11-14(17)7-4-8-16(11)23(20,21)19-10-15(22-2)12-5-3-6-13(18)9-12/h3-9,15,19H,10H2,1-2H3/t15-/m0/s1. The summed E-state index contributed by atoms with van der Waals surface area (Å²) in [6.07, 6.45) is -0.597. The lowest BCUT2D eigenvalue weighted by Crippen LogP contribution is -2.29. The van der Waals surface area contributed by atoms with E-state index in [1.54, 1.807) is 31.2 Å². The van der Waals surface area contributed by atoms with Crippen LogP contribution < -0.4 is 4.72 Å². The van der Waals surface area contributed by atoms with Gasteiger partial charge >= 0.3 is 0 Å². The summed E-state index contributed by atoms with van der Waals surface area (Å²) < 4.78 is 45.9. The Balaban J connectivity index is 2.19. The molecule has 2 aromatic rings. The summed E-state index contributed by atoms with van der Waals surface area (Å²) >= 11 is 5.96. The van der Waals surface area contributed by atoms with Crippen LogP contribution in [0.1, 0.15) is 17.2 Å². The third kappa shape index (κ3) is 4.29. The maximum Gasteiger partial charge on any atom is 0.240 e. The van der Waals surface area contributed by atoms with E-state index in [0.29, 0.717) is 16.1 Å². The third-order valence-electron chi connectivity index (χ3n) is 3.47. The van der Waals surface area contributed by atoms with Gasteiger partial charge in [0.1, 0.15) is 5.82 Å². The molecule has 23 heavy (non-hydrogen) atoms. The molecule has 124 valence electrons. The van der Waals surface area contributed by atoms with Crippen LogP contribution in [0.25, 0.3) is 0 Å². The van der Waals surface area contributed by atoms with Gasteiger partial charge in [-0.3, -0.25) is 0 Å². The first kappa shape index (κ1) is 17.9.